The summed E-state index contributed by atoms with van der Waals surface area (Å²) in [5, 5.41) is 12.6. The number of amides is 1. The highest BCUT2D eigenvalue weighted by Crippen LogP contribution is 2.28. The number of piperazine rings is 1. The minimum atomic E-state index is -0.171. The van der Waals surface area contributed by atoms with Gasteiger partial charge in [-0.25, -0.2) is 0 Å². The topological polar surface area (TPSA) is 76.7 Å². The van der Waals surface area contributed by atoms with Crippen molar-refractivity contribution in [2.75, 3.05) is 25.0 Å². The van der Waals surface area contributed by atoms with Crippen molar-refractivity contribution in [1.82, 2.24) is 14.4 Å². The highest BCUT2D eigenvalue weighted by Gasteiger charge is 2.34. The van der Waals surface area contributed by atoms with Crippen molar-refractivity contribution in [3.05, 3.63) is 89.7 Å². The number of rotatable bonds is 3. The molecule has 0 aliphatic carbocycles. The number of anilines is 1. The Morgan fingerprint density at radius 3 is 2.50 bits per heavy atom. The molecule has 1 atom stereocenters. The van der Waals surface area contributed by atoms with E-state index in [9.17, 15) is 10.1 Å². The SMILES string of the molecule is Cc1ccccc1N/C(=N/C#N)N1CCN(C(=O)c2cccn2C)C(c2ccccc2)C1. The van der Waals surface area contributed by atoms with Crippen LogP contribution in [0.25, 0.3) is 0 Å². The lowest BCUT2D eigenvalue weighted by Gasteiger charge is -2.42. The minimum absolute atomic E-state index is 0.00311. The van der Waals surface area contributed by atoms with Crippen molar-refractivity contribution in [2.24, 2.45) is 12.0 Å². The molecule has 1 aliphatic heterocycles. The lowest BCUT2D eigenvalue weighted by Crippen LogP contribution is -2.54. The molecule has 162 valence electrons. The normalized spacial score (nSPS) is 16.5. The van der Waals surface area contributed by atoms with Crippen LogP contribution in [0.2, 0.25) is 0 Å². The van der Waals surface area contributed by atoms with E-state index >= 15 is 0 Å². The molecule has 0 saturated carbocycles. The fourth-order valence-corrected chi connectivity index (χ4v) is 4.07. The number of hydrogen-bond acceptors (Lipinski definition) is 3. The van der Waals surface area contributed by atoms with Gasteiger partial charge in [-0.15, -0.1) is 4.99 Å². The summed E-state index contributed by atoms with van der Waals surface area (Å²) in [6.07, 6.45) is 3.80. The molecular formula is C25H26N6O. The van der Waals surface area contributed by atoms with E-state index in [1.165, 1.54) is 0 Å². The molecule has 3 aromatic rings. The average Bonchev–Trinajstić information content (AvgIpc) is 3.25. The maximum atomic E-state index is 13.4. The van der Waals surface area contributed by atoms with Crippen molar-refractivity contribution < 1.29 is 4.79 Å². The number of para-hydroxylation sites is 1. The van der Waals surface area contributed by atoms with E-state index in [1.807, 2.05) is 107 Å². The predicted octanol–water partition coefficient (Wildman–Crippen LogP) is 3.78. The molecule has 1 aromatic heterocycles. The number of nitriles is 1. The molecule has 1 amide bonds. The van der Waals surface area contributed by atoms with E-state index in [2.05, 4.69) is 10.3 Å². The number of nitrogens with zero attached hydrogens (tertiary/aromatic N) is 5. The zero-order valence-electron chi connectivity index (χ0n) is 18.3. The molecule has 4 rings (SSSR count). The first-order chi connectivity index (χ1) is 15.6. The molecule has 1 fully saturated rings. The zero-order valence-corrected chi connectivity index (χ0v) is 18.3. The standard InChI is InChI=1S/C25H26N6O/c1-19-9-6-7-12-21(19)28-25(27-18-26)30-15-16-31(24(32)22-13-8-14-29(22)2)23(17-30)20-10-4-3-5-11-20/h3-14,23H,15-17H2,1-2H3,(H,27,28). The number of guanidine groups is 1. The molecule has 1 saturated heterocycles. The van der Waals surface area contributed by atoms with Crippen LogP contribution in [0.3, 0.4) is 0 Å². The van der Waals surface area contributed by atoms with Crippen LogP contribution in [0.15, 0.2) is 77.9 Å². The minimum Gasteiger partial charge on any atom is -0.347 e. The summed E-state index contributed by atoms with van der Waals surface area (Å²) < 4.78 is 1.85. The van der Waals surface area contributed by atoms with Crippen molar-refractivity contribution >= 4 is 17.6 Å². The lowest BCUT2D eigenvalue weighted by atomic mass is 10.0. The van der Waals surface area contributed by atoms with Gasteiger partial charge in [0.1, 0.15) is 5.69 Å². The van der Waals surface area contributed by atoms with Gasteiger partial charge >= 0.3 is 0 Å². The average molecular weight is 427 g/mol. The first kappa shape index (κ1) is 21.2. The van der Waals surface area contributed by atoms with Crippen LogP contribution in [0.4, 0.5) is 5.69 Å². The maximum absolute atomic E-state index is 13.4. The van der Waals surface area contributed by atoms with Crippen molar-refractivity contribution in [1.29, 1.82) is 5.26 Å². The van der Waals surface area contributed by atoms with Gasteiger partial charge in [0.25, 0.3) is 5.91 Å². The molecule has 7 nitrogen and oxygen atoms in total. The van der Waals surface area contributed by atoms with Crippen LogP contribution in [0.5, 0.6) is 0 Å². The number of aliphatic imine (C=N–C) groups is 1. The Kier molecular flexibility index (Phi) is 6.22. The monoisotopic (exact) mass is 426 g/mol. The largest absolute Gasteiger partial charge is 0.347 e. The van der Waals surface area contributed by atoms with Gasteiger partial charge in [-0.2, -0.15) is 5.26 Å². The van der Waals surface area contributed by atoms with E-state index in [0.717, 1.165) is 16.8 Å². The highest BCUT2D eigenvalue weighted by molar-refractivity contribution is 5.96. The fourth-order valence-electron chi connectivity index (χ4n) is 4.07. The fraction of sp³-hybridized carbons (Fsp3) is 0.240. The molecule has 0 radical (unpaired) electrons. The van der Waals surface area contributed by atoms with E-state index in [1.54, 1.807) is 0 Å². The summed E-state index contributed by atoms with van der Waals surface area (Å²) in [6.45, 7) is 3.62. The van der Waals surface area contributed by atoms with Gasteiger partial charge < -0.3 is 19.7 Å². The Bertz CT molecular complexity index is 1160. The molecular weight excluding hydrogens is 400 g/mol. The van der Waals surface area contributed by atoms with Crippen LogP contribution in [-0.2, 0) is 7.05 Å². The second-order valence-corrected chi connectivity index (χ2v) is 7.85. The van der Waals surface area contributed by atoms with Gasteiger partial charge in [0, 0.05) is 38.6 Å². The molecule has 1 N–H and O–H groups in total. The quantitative estimate of drug-likeness (QED) is 0.393. The molecule has 0 spiro atoms. The van der Waals surface area contributed by atoms with E-state index in [-0.39, 0.29) is 11.9 Å². The summed E-state index contributed by atoms with van der Waals surface area (Å²) in [5.74, 6) is 0.491. The van der Waals surface area contributed by atoms with Crippen molar-refractivity contribution in [3.8, 4) is 6.19 Å². The van der Waals surface area contributed by atoms with Crippen LogP contribution in [0.1, 0.15) is 27.7 Å². The molecule has 2 heterocycles. The van der Waals surface area contributed by atoms with Crippen molar-refractivity contribution in [2.45, 2.75) is 13.0 Å². The summed E-state index contributed by atoms with van der Waals surface area (Å²) >= 11 is 0. The Morgan fingerprint density at radius 1 is 1.06 bits per heavy atom. The summed E-state index contributed by atoms with van der Waals surface area (Å²) in [7, 11) is 1.88. The number of aryl methyl sites for hydroxylation is 2. The first-order valence-electron chi connectivity index (χ1n) is 10.6. The molecule has 32 heavy (non-hydrogen) atoms. The van der Waals surface area contributed by atoms with Crippen LogP contribution >= 0.6 is 0 Å². The van der Waals surface area contributed by atoms with E-state index in [4.69, 9.17) is 0 Å². The first-order valence-corrected chi connectivity index (χ1v) is 10.6. The van der Waals surface area contributed by atoms with Crippen LogP contribution in [0, 0.1) is 18.4 Å². The summed E-state index contributed by atoms with van der Waals surface area (Å²) in [4.78, 5) is 21.4. The second-order valence-electron chi connectivity index (χ2n) is 7.85. The van der Waals surface area contributed by atoms with Gasteiger partial charge in [0.2, 0.25) is 12.2 Å². The number of hydrogen-bond donors (Lipinski definition) is 1. The van der Waals surface area contributed by atoms with Crippen molar-refractivity contribution in [3.63, 3.8) is 0 Å². The van der Waals surface area contributed by atoms with Crippen LogP contribution in [-0.4, -0.2) is 45.9 Å². The molecule has 1 aliphatic rings. The Morgan fingerprint density at radius 2 is 1.81 bits per heavy atom. The number of carbonyl (C=O) groups excluding carboxylic acids is 1. The molecule has 7 heteroatoms. The third-order valence-corrected chi connectivity index (χ3v) is 5.84. The van der Waals surface area contributed by atoms with Gasteiger partial charge in [-0.05, 0) is 36.2 Å². The van der Waals surface area contributed by atoms with Gasteiger partial charge in [-0.3, -0.25) is 4.79 Å². The van der Waals surface area contributed by atoms with E-state index < -0.39 is 0 Å². The highest BCUT2D eigenvalue weighted by atomic mass is 16.2. The molecule has 0 bridgehead atoms. The Labute approximate surface area is 188 Å². The van der Waals surface area contributed by atoms with Gasteiger partial charge in [0.15, 0.2) is 0 Å². The Balaban J connectivity index is 1.63. The summed E-state index contributed by atoms with van der Waals surface area (Å²) in [6, 6.07) is 21.5. The zero-order chi connectivity index (χ0) is 22.5. The van der Waals surface area contributed by atoms with Gasteiger partial charge in [0.05, 0.1) is 6.04 Å². The van der Waals surface area contributed by atoms with Gasteiger partial charge in [-0.1, -0.05) is 48.5 Å². The number of carbonyl (C=O) groups is 1. The maximum Gasteiger partial charge on any atom is 0.271 e. The van der Waals surface area contributed by atoms with Crippen LogP contribution < -0.4 is 5.32 Å². The third kappa shape index (κ3) is 4.35. The molecule has 2 aromatic carbocycles. The van der Waals surface area contributed by atoms with E-state index in [0.29, 0.717) is 31.3 Å². The summed E-state index contributed by atoms with van der Waals surface area (Å²) in [5.41, 5.74) is 3.67. The number of nitrogens with one attached hydrogen (secondary N) is 1. The lowest BCUT2D eigenvalue weighted by molar-refractivity contribution is 0.0541. The third-order valence-electron chi connectivity index (χ3n) is 5.84. The predicted molar refractivity (Wildman–Crippen MR) is 125 cm³/mol. The molecule has 1 unspecified atom stereocenters. The number of benzene rings is 2. The second kappa shape index (κ2) is 9.40. The smallest absolute Gasteiger partial charge is 0.271 e. The number of aromatic nitrogens is 1. The Hall–Kier alpha value is -4.05.